The second kappa shape index (κ2) is 15.0. The molecule has 0 aliphatic carbocycles. The van der Waals surface area contributed by atoms with Crippen molar-refractivity contribution in [3.63, 3.8) is 0 Å². The summed E-state index contributed by atoms with van der Waals surface area (Å²) in [5.74, 6) is -2.29. The molecule has 16 heteroatoms. The second-order valence-corrected chi connectivity index (χ2v) is 13.3. The number of allylic oxidation sites excluding steroid dienone is 3. The van der Waals surface area contributed by atoms with Gasteiger partial charge in [0, 0.05) is 33.5 Å². The Bertz CT molecular complexity index is 1520. The highest BCUT2D eigenvalue weighted by atomic mass is 35.5. The van der Waals surface area contributed by atoms with E-state index < -0.39 is 71.7 Å². The Labute approximate surface area is 290 Å². The Balaban J connectivity index is 1.79. The van der Waals surface area contributed by atoms with Crippen LogP contribution in [0.1, 0.15) is 39.2 Å². The first kappa shape index (κ1) is 38.1. The molecule has 3 aliphatic heterocycles. The summed E-state index contributed by atoms with van der Waals surface area (Å²) in [6.45, 7) is 4.94. The van der Waals surface area contributed by atoms with E-state index >= 15 is 0 Å². The van der Waals surface area contributed by atoms with Gasteiger partial charge in [0.05, 0.1) is 31.9 Å². The number of halogens is 1. The summed E-state index contributed by atoms with van der Waals surface area (Å²) in [7, 11) is 5.73. The third kappa shape index (κ3) is 8.03. The van der Waals surface area contributed by atoms with Crippen LogP contribution in [0.3, 0.4) is 0 Å². The number of amides is 3. The number of esters is 1. The van der Waals surface area contributed by atoms with Gasteiger partial charge in [-0.1, -0.05) is 42.3 Å². The molecule has 2 fully saturated rings. The van der Waals surface area contributed by atoms with Crippen molar-refractivity contribution >= 4 is 41.2 Å². The monoisotopic (exact) mass is 707 g/mol. The van der Waals surface area contributed by atoms with Gasteiger partial charge in [0.25, 0.3) is 0 Å². The van der Waals surface area contributed by atoms with Crippen molar-refractivity contribution in [2.75, 3.05) is 39.8 Å². The maximum absolute atomic E-state index is 14.0. The van der Waals surface area contributed by atoms with Gasteiger partial charge in [0.1, 0.15) is 34.7 Å². The van der Waals surface area contributed by atoms with Crippen LogP contribution in [0.2, 0.25) is 5.02 Å². The predicted molar refractivity (Wildman–Crippen MR) is 179 cm³/mol. The number of aliphatic hydroxyl groups is 1. The average molecular weight is 708 g/mol. The highest BCUT2D eigenvalue weighted by molar-refractivity contribution is 6.35. The molecule has 15 nitrogen and oxygen atoms in total. The lowest BCUT2D eigenvalue weighted by Gasteiger charge is -2.42. The zero-order valence-corrected chi connectivity index (χ0v) is 29.5. The molecule has 0 aromatic heterocycles. The Hall–Kier alpha value is -3.73. The lowest BCUT2D eigenvalue weighted by atomic mass is 9.83. The first-order valence-electron chi connectivity index (χ1n) is 15.8. The van der Waals surface area contributed by atoms with Crippen molar-refractivity contribution in [3.8, 4) is 5.75 Å². The van der Waals surface area contributed by atoms with Crippen LogP contribution in [0, 0.1) is 5.92 Å². The van der Waals surface area contributed by atoms with Crippen LogP contribution < -0.4 is 26.4 Å². The number of nitrogens with zero attached hydrogens (tertiary/aromatic N) is 2. The number of nitrogens with one attached hydrogen (secondary N) is 1. The topological polar surface area (TPSA) is 209 Å². The van der Waals surface area contributed by atoms with Gasteiger partial charge in [0.2, 0.25) is 11.8 Å². The summed E-state index contributed by atoms with van der Waals surface area (Å²) < 4.78 is 28.7. The molecule has 4 bridgehead atoms. The number of benzene rings is 1. The van der Waals surface area contributed by atoms with Crippen LogP contribution in [0.5, 0.6) is 5.75 Å². The van der Waals surface area contributed by atoms with Gasteiger partial charge >= 0.3 is 12.1 Å². The molecule has 8 atom stereocenters. The van der Waals surface area contributed by atoms with Crippen LogP contribution in [0.15, 0.2) is 35.9 Å². The van der Waals surface area contributed by atoms with Gasteiger partial charge in [0.15, 0.2) is 11.9 Å². The quantitative estimate of drug-likeness (QED) is 0.188. The first-order chi connectivity index (χ1) is 23.0. The second-order valence-electron chi connectivity index (χ2n) is 12.9. The Morgan fingerprint density at radius 3 is 2.61 bits per heavy atom. The lowest BCUT2D eigenvalue weighted by molar-refractivity contribution is -0.162. The van der Waals surface area contributed by atoms with Crippen molar-refractivity contribution in [2.24, 2.45) is 17.4 Å². The smallest absolute Gasteiger partial charge is 0.409 e. The number of hydrogen-bond donors (Lipinski definition) is 4. The number of fused-ring (bicyclic) bond motifs is 5. The van der Waals surface area contributed by atoms with E-state index in [0.29, 0.717) is 17.9 Å². The molecular weight excluding hydrogens is 662 g/mol. The molecule has 1 aromatic rings. The zero-order chi connectivity index (χ0) is 36.4. The third-order valence-corrected chi connectivity index (χ3v) is 9.82. The van der Waals surface area contributed by atoms with Crippen LogP contribution in [-0.4, -0.2) is 111 Å². The fourth-order valence-corrected chi connectivity index (χ4v) is 6.59. The number of alkyl carbamates (subject to hydrolysis) is 1. The molecule has 1 aromatic carbocycles. The van der Waals surface area contributed by atoms with E-state index in [1.54, 1.807) is 38.1 Å². The van der Waals surface area contributed by atoms with E-state index in [4.69, 9.17) is 46.8 Å². The lowest BCUT2D eigenvalue weighted by Crippen LogP contribution is -2.63. The van der Waals surface area contributed by atoms with Gasteiger partial charge in [-0.2, -0.15) is 0 Å². The average Bonchev–Trinajstić information content (AvgIpc) is 3.76. The molecule has 3 heterocycles. The highest BCUT2D eigenvalue weighted by Gasteiger charge is 2.64. The third-order valence-electron chi connectivity index (χ3n) is 9.44. The van der Waals surface area contributed by atoms with E-state index in [-0.39, 0.29) is 24.4 Å². The summed E-state index contributed by atoms with van der Waals surface area (Å²) in [5.41, 5.74) is 10.4. The molecule has 3 aliphatic rings. The number of ether oxygens (including phenoxy) is 5. The van der Waals surface area contributed by atoms with Gasteiger partial charge in [-0.3, -0.25) is 14.9 Å². The SMILES string of the molecule is COc1cc2cc(c1Cl)N(C)C(=O)C[C@H](OC(=O)[C@H](N)N(C)C(=O)CN)[C@]1(C)O[C@H]1[C@H](C)[C@@H]1C[C@@](O)(NC(=O)O1)[C@H](OC)/C=C/C=C(\C)C2. The number of nitrogens with two attached hydrogens (primary N) is 2. The maximum Gasteiger partial charge on any atom is 0.409 e. The van der Waals surface area contributed by atoms with Crippen LogP contribution in [0.4, 0.5) is 10.5 Å². The van der Waals surface area contributed by atoms with E-state index in [0.717, 1.165) is 16.0 Å². The molecule has 4 rings (SSSR count). The Kier molecular flexibility index (Phi) is 11.7. The predicted octanol–water partition coefficient (Wildman–Crippen LogP) is 1.37. The molecule has 49 heavy (non-hydrogen) atoms. The number of rotatable bonds is 6. The summed E-state index contributed by atoms with van der Waals surface area (Å²) in [5, 5.41) is 14.3. The van der Waals surface area contributed by atoms with Crippen molar-refractivity contribution in [1.29, 1.82) is 0 Å². The number of methoxy groups -OCH3 is 2. The minimum absolute atomic E-state index is 0.0749. The van der Waals surface area contributed by atoms with Crippen LogP contribution in [-0.2, 0) is 39.8 Å². The van der Waals surface area contributed by atoms with Crippen molar-refractivity contribution in [1.82, 2.24) is 10.2 Å². The fraction of sp³-hybridized carbons (Fsp3) is 0.576. The Morgan fingerprint density at radius 1 is 1.29 bits per heavy atom. The molecule has 270 valence electrons. The standard InChI is InChI=1S/C33H46ClN5O10/c1-17-9-8-10-23(46-7)33(44)15-22(47-31(43)37-33)18(2)28-32(3,49-28)24(48-30(42)29(36)39(5)26(41)16-35)14-25(40)38(4)20-12-19(11-17)13-21(45-6)27(20)34/h8-10,12-13,18,22-24,28-29,44H,11,14-16,35-36H2,1-7H3,(H,37,43)/b10-8+,17-9+/t18-,22+,23-,24+,28+,29-,32+,33+/m1/s1. The Morgan fingerprint density at radius 2 is 1.98 bits per heavy atom. The van der Waals surface area contributed by atoms with Crippen molar-refractivity contribution in [3.05, 3.63) is 46.5 Å². The fourth-order valence-electron chi connectivity index (χ4n) is 6.27. The highest BCUT2D eigenvalue weighted by Crippen LogP contribution is 2.49. The number of carbonyl (C=O) groups is 4. The minimum atomic E-state index is -1.84. The summed E-state index contributed by atoms with van der Waals surface area (Å²) >= 11 is 6.70. The zero-order valence-electron chi connectivity index (χ0n) is 28.7. The van der Waals surface area contributed by atoms with Crippen molar-refractivity contribution in [2.45, 2.75) is 81.9 Å². The molecule has 0 radical (unpaired) electrons. The van der Waals surface area contributed by atoms with E-state index in [1.165, 1.54) is 33.2 Å². The molecule has 2 saturated heterocycles. The number of hydrogen-bond acceptors (Lipinski definition) is 12. The van der Waals surface area contributed by atoms with E-state index in [9.17, 15) is 24.3 Å². The van der Waals surface area contributed by atoms with Gasteiger partial charge in [-0.15, -0.1) is 0 Å². The largest absolute Gasteiger partial charge is 0.495 e. The molecule has 0 saturated carbocycles. The summed E-state index contributed by atoms with van der Waals surface area (Å²) in [4.78, 5) is 54.5. The number of likely N-dealkylation sites (N-methyl/N-ethyl adjacent to an activating group) is 1. The number of anilines is 1. The van der Waals surface area contributed by atoms with E-state index in [1.807, 2.05) is 13.0 Å². The van der Waals surface area contributed by atoms with Gasteiger partial charge in [-0.05, 0) is 38.0 Å². The molecule has 0 spiro atoms. The number of carbonyl (C=O) groups excluding carboxylic acids is 4. The minimum Gasteiger partial charge on any atom is -0.495 e. The molecule has 6 N–H and O–H groups in total. The molecular formula is C33H46ClN5O10. The summed E-state index contributed by atoms with van der Waals surface area (Å²) in [6.07, 6.45) is -0.946. The maximum atomic E-state index is 14.0. The first-order valence-corrected chi connectivity index (χ1v) is 16.2. The van der Waals surface area contributed by atoms with Crippen LogP contribution in [0.25, 0.3) is 0 Å². The molecule has 0 unspecified atom stereocenters. The van der Waals surface area contributed by atoms with E-state index in [2.05, 4.69) is 5.32 Å². The number of epoxide rings is 1. The van der Waals surface area contributed by atoms with Gasteiger partial charge in [-0.25, -0.2) is 9.59 Å². The van der Waals surface area contributed by atoms with Gasteiger partial charge < -0.3 is 50.1 Å². The summed E-state index contributed by atoms with van der Waals surface area (Å²) in [6, 6.07) is 3.53. The van der Waals surface area contributed by atoms with Crippen LogP contribution >= 0.6 is 11.6 Å². The molecule has 3 amide bonds. The normalized spacial score (nSPS) is 32.8. The van der Waals surface area contributed by atoms with Crippen molar-refractivity contribution < 1.29 is 48.0 Å².